The predicted octanol–water partition coefficient (Wildman–Crippen LogP) is 0.718. The van der Waals surface area contributed by atoms with E-state index >= 15 is 0 Å². The molecule has 0 saturated carbocycles. The number of halogens is 1. The normalized spacial score (nSPS) is 11.8. The summed E-state index contributed by atoms with van der Waals surface area (Å²) in [4.78, 5) is 24.2. The van der Waals surface area contributed by atoms with Crippen molar-refractivity contribution in [1.82, 2.24) is 9.55 Å². The van der Waals surface area contributed by atoms with E-state index in [0.29, 0.717) is 5.56 Å². The first-order valence-corrected chi connectivity index (χ1v) is 4.15. The van der Waals surface area contributed by atoms with Crippen molar-refractivity contribution in [3.05, 3.63) is 44.5 Å². The third kappa shape index (κ3) is 2.18. The maximum Gasteiger partial charge on any atom is 0.328 e. The average molecular weight is 198 g/mol. The Morgan fingerprint density at radius 1 is 1.64 bits per heavy atom. The number of aromatic amines is 1. The molecule has 0 aliphatic carbocycles. The molecule has 76 valence electrons. The molecule has 0 saturated heterocycles. The van der Waals surface area contributed by atoms with Crippen molar-refractivity contribution in [3.63, 3.8) is 0 Å². The van der Waals surface area contributed by atoms with E-state index in [0.717, 1.165) is 4.57 Å². The molecule has 0 spiro atoms. The van der Waals surface area contributed by atoms with Gasteiger partial charge in [-0.2, -0.15) is 0 Å². The van der Waals surface area contributed by atoms with Crippen LogP contribution in [0.2, 0.25) is 0 Å². The number of allylic oxidation sites excluding steroid dienone is 2. The summed E-state index contributed by atoms with van der Waals surface area (Å²) >= 11 is 0. The van der Waals surface area contributed by atoms with Gasteiger partial charge in [0.2, 0.25) is 0 Å². The highest BCUT2D eigenvalue weighted by Crippen LogP contribution is 1.98. The van der Waals surface area contributed by atoms with Crippen molar-refractivity contribution >= 4 is 0 Å². The average Bonchev–Trinajstić information content (AvgIpc) is 2.14. The minimum Gasteiger partial charge on any atom is -0.294 e. The molecule has 14 heavy (non-hydrogen) atoms. The third-order valence-electron chi connectivity index (χ3n) is 1.82. The molecule has 4 nitrogen and oxygen atoms in total. The summed E-state index contributed by atoms with van der Waals surface area (Å²) in [5.41, 5.74) is -0.654. The lowest BCUT2D eigenvalue weighted by Gasteiger charge is -2.03. The predicted molar refractivity (Wildman–Crippen MR) is 50.9 cm³/mol. The van der Waals surface area contributed by atoms with Crippen molar-refractivity contribution in [2.24, 2.45) is 0 Å². The van der Waals surface area contributed by atoms with Crippen LogP contribution in [0.1, 0.15) is 12.5 Å². The van der Waals surface area contributed by atoms with Crippen molar-refractivity contribution in [3.8, 4) is 0 Å². The molecule has 1 aromatic rings. The molecule has 0 aromatic carbocycles. The quantitative estimate of drug-likeness (QED) is 0.761. The van der Waals surface area contributed by atoms with Crippen molar-refractivity contribution in [2.45, 2.75) is 20.4 Å². The molecule has 0 amide bonds. The van der Waals surface area contributed by atoms with Gasteiger partial charge in [0, 0.05) is 11.8 Å². The van der Waals surface area contributed by atoms with Crippen molar-refractivity contribution in [1.29, 1.82) is 0 Å². The third-order valence-corrected chi connectivity index (χ3v) is 1.82. The molecule has 0 unspecified atom stereocenters. The number of hydrogen-bond donors (Lipinski definition) is 1. The largest absolute Gasteiger partial charge is 0.328 e. The fourth-order valence-electron chi connectivity index (χ4n) is 0.990. The van der Waals surface area contributed by atoms with E-state index in [1.165, 1.54) is 12.3 Å². The summed E-state index contributed by atoms with van der Waals surface area (Å²) in [6.45, 7) is 2.95. The topological polar surface area (TPSA) is 54.9 Å². The minimum absolute atomic E-state index is 0.146. The molecule has 0 atom stereocenters. The first kappa shape index (κ1) is 10.4. The lowest BCUT2D eigenvalue weighted by molar-refractivity contribution is 0.538. The van der Waals surface area contributed by atoms with Crippen LogP contribution in [0.15, 0.2) is 27.7 Å². The van der Waals surface area contributed by atoms with Gasteiger partial charge in [-0.3, -0.25) is 14.3 Å². The van der Waals surface area contributed by atoms with E-state index in [4.69, 9.17) is 0 Å². The molecule has 1 N–H and O–H groups in total. The molecule has 1 aromatic heterocycles. The molecule has 1 heterocycles. The maximum atomic E-state index is 12.8. The van der Waals surface area contributed by atoms with Crippen molar-refractivity contribution < 1.29 is 4.39 Å². The molecule has 1 rings (SSSR count). The second kappa shape index (κ2) is 4.04. The fourth-order valence-corrected chi connectivity index (χ4v) is 0.990. The van der Waals surface area contributed by atoms with E-state index in [1.54, 1.807) is 13.8 Å². The van der Waals surface area contributed by atoms with Crippen LogP contribution >= 0.6 is 0 Å². The fraction of sp³-hybridized carbons (Fsp3) is 0.333. The van der Waals surface area contributed by atoms with Gasteiger partial charge < -0.3 is 0 Å². The standard InChI is InChI=1S/C9H11FN2O2/c1-3-7(10)5-12-4-6(2)8(13)11-9(12)14/h3-4H,5H2,1-2H3,(H,11,13,14)/b7-3-. The van der Waals surface area contributed by atoms with Gasteiger partial charge in [0.15, 0.2) is 0 Å². The number of nitrogens with zero attached hydrogens (tertiary/aromatic N) is 1. The molecule has 0 fully saturated rings. The lowest BCUT2D eigenvalue weighted by Crippen LogP contribution is -2.30. The Balaban J connectivity index is 3.17. The number of nitrogens with one attached hydrogen (secondary N) is 1. The molecule has 0 radical (unpaired) electrons. The summed E-state index contributed by atoms with van der Waals surface area (Å²) in [5, 5.41) is 0. The van der Waals surface area contributed by atoms with E-state index in [1.807, 2.05) is 0 Å². The Bertz CT molecular complexity index is 470. The van der Waals surface area contributed by atoms with Crippen LogP contribution in [0, 0.1) is 6.92 Å². The van der Waals surface area contributed by atoms with Crippen LogP contribution in [0.3, 0.4) is 0 Å². The van der Waals surface area contributed by atoms with Crippen molar-refractivity contribution in [2.75, 3.05) is 0 Å². The first-order chi connectivity index (χ1) is 6.54. The number of rotatable bonds is 2. The Kier molecular flexibility index (Phi) is 3.01. The summed E-state index contributed by atoms with van der Waals surface area (Å²) < 4.78 is 14.0. The number of aryl methyl sites for hydroxylation is 1. The van der Waals surface area contributed by atoms with E-state index in [-0.39, 0.29) is 6.54 Å². The zero-order chi connectivity index (χ0) is 10.7. The van der Waals surface area contributed by atoms with Gasteiger partial charge in [-0.1, -0.05) is 6.08 Å². The Morgan fingerprint density at radius 3 is 2.86 bits per heavy atom. The molecular weight excluding hydrogens is 187 g/mol. The van der Waals surface area contributed by atoms with E-state index in [2.05, 4.69) is 4.98 Å². The van der Waals surface area contributed by atoms with E-state index in [9.17, 15) is 14.0 Å². The van der Waals surface area contributed by atoms with Crippen LogP contribution < -0.4 is 11.2 Å². The van der Waals surface area contributed by atoms with Crippen LogP contribution in [0.5, 0.6) is 0 Å². The SMILES string of the molecule is C/C=C(\F)Cn1cc(C)c(=O)[nH]c1=O. The van der Waals surface area contributed by atoms with E-state index < -0.39 is 17.1 Å². The highest BCUT2D eigenvalue weighted by atomic mass is 19.1. The molecular formula is C9H11FN2O2. The Morgan fingerprint density at radius 2 is 2.29 bits per heavy atom. The van der Waals surface area contributed by atoms with Crippen LogP contribution in [-0.2, 0) is 6.54 Å². The monoisotopic (exact) mass is 198 g/mol. The summed E-state index contributed by atoms with van der Waals surface area (Å²) in [6.07, 6.45) is 2.61. The van der Waals surface area contributed by atoms with Gasteiger partial charge in [0.05, 0.1) is 6.54 Å². The second-order valence-corrected chi connectivity index (χ2v) is 2.93. The maximum absolute atomic E-state index is 12.8. The Hall–Kier alpha value is -1.65. The molecule has 0 aliphatic rings. The molecule has 0 bridgehead atoms. The zero-order valence-electron chi connectivity index (χ0n) is 8.00. The second-order valence-electron chi connectivity index (χ2n) is 2.93. The smallest absolute Gasteiger partial charge is 0.294 e. The zero-order valence-corrected chi connectivity index (χ0v) is 8.00. The van der Waals surface area contributed by atoms with Gasteiger partial charge in [0.1, 0.15) is 5.83 Å². The van der Waals surface area contributed by atoms with Gasteiger partial charge in [-0.05, 0) is 13.8 Å². The lowest BCUT2D eigenvalue weighted by atomic mass is 10.4. The number of hydrogen-bond acceptors (Lipinski definition) is 2. The van der Waals surface area contributed by atoms with Crippen LogP contribution in [0.4, 0.5) is 4.39 Å². The molecule has 5 heteroatoms. The number of aromatic nitrogens is 2. The highest BCUT2D eigenvalue weighted by molar-refractivity contribution is 5.02. The van der Waals surface area contributed by atoms with Gasteiger partial charge in [-0.25, -0.2) is 9.18 Å². The first-order valence-electron chi connectivity index (χ1n) is 4.15. The Labute approximate surface area is 79.7 Å². The van der Waals surface area contributed by atoms with Gasteiger partial charge in [0.25, 0.3) is 5.56 Å². The highest BCUT2D eigenvalue weighted by Gasteiger charge is 2.02. The number of H-pyrrole nitrogens is 1. The van der Waals surface area contributed by atoms with Gasteiger partial charge in [-0.15, -0.1) is 0 Å². The molecule has 0 aliphatic heterocycles. The van der Waals surface area contributed by atoms with Gasteiger partial charge >= 0.3 is 5.69 Å². The summed E-state index contributed by atoms with van der Waals surface area (Å²) in [5.74, 6) is -0.418. The van der Waals surface area contributed by atoms with Crippen LogP contribution in [0.25, 0.3) is 0 Å². The van der Waals surface area contributed by atoms with Crippen LogP contribution in [-0.4, -0.2) is 9.55 Å². The summed E-state index contributed by atoms with van der Waals surface area (Å²) in [7, 11) is 0. The summed E-state index contributed by atoms with van der Waals surface area (Å²) in [6, 6.07) is 0. The minimum atomic E-state index is -0.599.